The van der Waals surface area contributed by atoms with E-state index in [2.05, 4.69) is 16.0 Å². The molecule has 3 rings (SSSR count). The monoisotopic (exact) mass is 412 g/mol. The second-order valence-electron chi connectivity index (χ2n) is 7.30. The van der Waals surface area contributed by atoms with Gasteiger partial charge in [-0.25, -0.2) is 9.18 Å². The van der Waals surface area contributed by atoms with Crippen molar-refractivity contribution < 1.29 is 18.8 Å². The van der Waals surface area contributed by atoms with Crippen LogP contribution in [0, 0.1) is 5.82 Å². The van der Waals surface area contributed by atoms with E-state index in [1.54, 1.807) is 47.4 Å². The van der Waals surface area contributed by atoms with Gasteiger partial charge in [-0.3, -0.25) is 9.59 Å². The van der Waals surface area contributed by atoms with Crippen molar-refractivity contribution in [2.24, 2.45) is 0 Å². The van der Waals surface area contributed by atoms with Crippen LogP contribution in [0.15, 0.2) is 48.5 Å². The molecule has 2 aromatic rings. The van der Waals surface area contributed by atoms with Gasteiger partial charge in [-0.2, -0.15) is 0 Å². The molecule has 2 aromatic carbocycles. The molecule has 0 aromatic heterocycles. The van der Waals surface area contributed by atoms with Crippen molar-refractivity contribution in [3.8, 4) is 0 Å². The molecule has 30 heavy (non-hydrogen) atoms. The summed E-state index contributed by atoms with van der Waals surface area (Å²) in [5, 5.41) is 8.15. The standard InChI is InChI=1S/C22H25FN4O3/c1-15(14-27-11-5-10-20(27)28)25-22(30)26-18-8-4-7-16(12-18)21(29)24-13-17-6-2-3-9-19(17)23/h2-4,6-9,12,15H,5,10-11,13-14H2,1H3,(H,24,29)(H2,25,26,30)/t15-/m1/s1. The summed E-state index contributed by atoms with van der Waals surface area (Å²) in [6.07, 6.45) is 1.41. The molecule has 0 aliphatic carbocycles. The van der Waals surface area contributed by atoms with Gasteiger partial charge in [0, 0.05) is 48.9 Å². The third-order valence-corrected chi connectivity index (χ3v) is 4.82. The van der Waals surface area contributed by atoms with Crippen molar-refractivity contribution in [3.63, 3.8) is 0 Å². The number of carbonyl (C=O) groups excluding carboxylic acids is 3. The molecule has 0 saturated carbocycles. The third kappa shape index (κ3) is 5.79. The number of amides is 4. The van der Waals surface area contributed by atoms with Crippen molar-refractivity contribution in [2.45, 2.75) is 32.4 Å². The Hall–Kier alpha value is -3.42. The number of hydrogen-bond acceptors (Lipinski definition) is 3. The summed E-state index contributed by atoms with van der Waals surface area (Å²) in [7, 11) is 0. The summed E-state index contributed by atoms with van der Waals surface area (Å²) in [4.78, 5) is 38.0. The number of nitrogens with zero attached hydrogens (tertiary/aromatic N) is 1. The molecular weight excluding hydrogens is 387 g/mol. The van der Waals surface area contributed by atoms with Crippen LogP contribution in [-0.2, 0) is 11.3 Å². The van der Waals surface area contributed by atoms with Gasteiger partial charge in [-0.15, -0.1) is 0 Å². The average molecular weight is 412 g/mol. The first-order valence-electron chi connectivity index (χ1n) is 9.89. The van der Waals surface area contributed by atoms with Gasteiger partial charge in [0.15, 0.2) is 0 Å². The molecule has 3 N–H and O–H groups in total. The number of carbonyl (C=O) groups is 3. The highest BCUT2D eigenvalue weighted by molar-refractivity contribution is 5.96. The number of anilines is 1. The molecule has 8 heteroatoms. The summed E-state index contributed by atoms with van der Waals surface area (Å²) in [5.74, 6) is -0.643. The number of likely N-dealkylation sites (tertiary alicyclic amines) is 1. The zero-order valence-corrected chi connectivity index (χ0v) is 16.8. The van der Waals surface area contributed by atoms with Gasteiger partial charge in [-0.1, -0.05) is 24.3 Å². The third-order valence-electron chi connectivity index (χ3n) is 4.82. The van der Waals surface area contributed by atoms with E-state index in [-0.39, 0.29) is 30.2 Å². The molecule has 0 unspecified atom stereocenters. The van der Waals surface area contributed by atoms with Gasteiger partial charge in [0.1, 0.15) is 5.82 Å². The minimum Gasteiger partial charge on any atom is -0.348 e. The summed E-state index contributed by atoms with van der Waals surface area (Å²) >= 11 is 0. The minimum atomic E-state index is -0.418. The van der Waals surface area contributed by atoms with Crippen molar-refractivity contribution in [1.29, 1.82) is 0 Å². The lowest BCUT2D eigenvalue weighted by atomic mass is 10.1. The van der Waals surface area contributed by atoms with Crippen LogP contribution in [0.4, 0.5) is 14.9 Å². The van der Waals surface area contributed by atoms with Crippen LogP contribution < -0.4 is 16.0 Å². The first-order valence-corrected chi connectivity index (χ1v) is 9.89. The van der Waals surface area contributed by atoms with E-state index < -0.39 is 6.03 Å². The smallest absolute Gasteiger partial charge is 0.319 e. The lowest BCUT2D eigenvalue weighted by Crippen LogP contribution is -2.44. The van der Waals surface area contributed by atoms with E-state index in [1.807, 2.05) is 6.92 Å². The maximum absolute atomic E-state index is 13.7. The molecule has 0 spiro atoms. The molecule has 1 atom stereocenters. The number of hydrogen-bond donors (Lipinski definition) is 3. The van der Waals surface area contributed by atoms with E-state index in [1.165, 1.54) is 6.07 Å². The van der Waals surface area contributed by atoms with Gasteiger partial charge in [0.25, 0.3) is 5.91 Å². The highest BCUT2D eigenvalue weighted by atomic mass is 19.1. The van der Waals surface area contributed by atoms with Crippen molar-refractivity contribution in [1.82, 2.24) is 15.5 Å². The molecule has 4 amide bonds. The summed E-state index contributed by atoms with van der Waals surface area (Å²) in [6, 6.07) is 12.1. The molecule has 0 radical (unpaired) electrons. The fourth-order valence-corrected chi connectivity index (χ4v) is 3.32. The lowest BCUT2D eigenvalue weighted by molar-refractivity contribution is -0.127. The van der Waals surface area contributed by atoms with E-state index in [0.29, 0.717) is 29.8 Å². The zero-order valence-electron chi connectivity index (χ0n) is 16.8. The highest BCUT2D eigenvalue weighted by Gasteiger charge is 2.22. The Bertz CT molecular complexity index is 934. The van der Waals surface area contributed by atoms with E-state index >= 15 is 0 Å². The number of rotatable bonds is 7. The van der Waals surface area contributed by atoms with Crippen LogP contribution >= 0.6 is 0 Å². The Morgan fingerprint density at radius 3 is 2.70 bits per heavy atom. The maximum Gasteiger partial charge on any atom is 0.319 e. The number of halogens is 1. The van der Waals surface area contributed by atoms with Crippen LogP contribution in [0.3, 0.4) is 0 Å². The molecule has 1 fully saturated rings. The number of nitrogens with one attached hydrogen (secondary N) is 3. The Labute approximate surface area is 174 Å². The molecule has 1 saturated heterocycles. The number of benzene rings is 2. The fraction of sp³-hybridized carbons (Fsp3) is 0.318. The summed E-state index contributed by atoms with van der Waals surface area (Å²) in [5.41, 5.74) is 1.19. The minimum absolute atomic E-state index is 0.0659. The Morgan fingerprint density at radius 1 is 1.17 bits per heavy atom. The average Bonchev–Trinajstić information content (AvgIpc) is 3.11. The van der Waals surface area contributed by atoms with E-state index in [9.17, 15) is 18.8 Å². The van der Waals surface area contributed by atoms with Gasteiger partial charge in [-0.05, 0) is 37.6 Å². The normalized spacial score (nSPS) is 14.3. The van der Waals surface area contributed by atoms with Crippen molar-refractivity contribution in [2.75, 3.05) is 18.4 Å². The SMILES string of the molecule is C[C@H](CN1CCCC1=O)NC(=O)Nc1cccc(C(=O)NCc2ccccc2F)c1. The van der Waals surface area contributed by atoms with Crippen LogP contribution in [-0.4, -0.2) is 41.9 Å². The van der Waals surface area contributed by atoms with Gasteiger partial charge < -0.3 is 20.9 Å². The van der Waals surface area contributed by atoms with Crippen LogP contribution in [0.1, 0.15) is 35.7 Å². The van der Waals surface area contributed by atoms with Crippen LogP contribution in [0.25, 0.3) is 0 Å². The largest absolute Gasteiger partial charge is 0.348 e. The summed E-state index contributed by atoms with van der Waals surface area (Å²) in [6.45, 7) is 3.08. The van der Waals surface area contributed by atoms with E-state index in [4.69, 9.17) is 0 Å². The molecular formula is C22H25FN4O3. The Balaban J connectivity index is 1.51. The second kappa shape index (κ2) is 9.87. The molecule has 1 aliphatic rings. The Kier molecular flexibility index (Phi) is 7.00. The summed E-state index contributed by atoms with van der Waals surface area (Å²) < 4.78 is 13.7. The first kappa shape index (κ1) is 21.3. The van der Waals surface area contributed by atoms with Crippen LogP contribution in [0.2, 0.25) is 0 Å². The molecule has 1 heterocycles. The lowest BCUT2D eigenvalue weighted by Gasteiger charge is -2.21. The van der Waals surface area contributed by atoms with Crippen molar-refractivity contribution in [3.05, 3.63) is 65.5 Å². The quantitative estimate of drug-likeness (QED) is 0.653. The Morgan fingerprint density at radius 2 is 1.97 bits per heavy atom. The van der Waals surface area contributed by atoms with Crippen molar-refractivity contribution >= 4 is 23.5 Å². The molecule has 7 nitrogen and oxygen atoms in total. The predicted molar refractivity (Wildman–Crippen MR) is 111 cm³/mol. The van der Waals surface area contributed by atoms with Gasteiger partial charge >= 0.3 is 6.03 Å². The molecule has 158 valence electrons. The highest BCUT2D eigenvalue weighted by Crippen LogP contribution is 2.13. The molecule has 1 aliphatic heterocycles. The second-order valence-corrected chi connectivity index (χ2v) is 7.30. The fourth-order valence-electron chi connectivity index (χ4n) is 3.32. The topological polar surface area (TPSA) is 90.5 Å². The number of urea groups is 1. The molecule has 0 bridgehead atoms. The first-order chi connectivity index (χ1) is 14.4. The zero-order chi connectivity index (χ0) is 21.5. The van der Waals surface area contributed by atoms with Gasteiger partial charge in [0.05, 0.1) is 0 Å². The van der Waals surface area contributed by atoms with Crippen LogP contribution in [0.5, 0.6) is 0 Å². The maximum atomic E-state index is 13.7. The van der Waals surface area contributed by atoms with Gasteiger partial charge in [0.2, 0.25) is 5.91 Å². The van der Waals surface area contributed by atoms with E-state index in [0.717, 1.165) is 13.0 Å². The predicted octanol–water partition coefficient (Wildman–Crippen LogP) is 2.89.